The first-order chi connectivity index (χ1) is 27.5. The maximum Gasteiger partial charge on any atom is 0.407 e. The van der Waals surface area contributed by atoms with Gasteiger partial charge >= 0.3 is 6.09 Å². The number of cyclic esters (lactones) is 1. The molecule has 2 saturated carbocycles. The van der Waals surface area contributed by atoms with E-state index in [-0.39, 0.29) is 26.0 Å². The normalized spacial score (nSPS) is 25.8. The van der Waals surface area contributed by atoms with E-state index < -0.39 is 68.7 Å². The van der Waals surface area contributed by atoms with E-state index in [1.807, 2.05) is 49.4 Å². The van der Waals surface area contributed by atoms with Gasteiger partial charge < -0.3 is 25.0 Å². The number of hydrogen-bond acceptors (Lipinski definition) is 9. The van der Waals surface area contributed by atoms with Gasteiger partial charge in [0.15, 0.2) is 0 Å². The number of hydrogen-bond donors (Lipinski definition) is 3. The average Bonchev–Trinajstić information content (AvgIpc) is 4.14. The second-order valence-electron chi connectivity index (χ2n) is 15.9. The number of ether oxygens (including phenoxy) is 2. The third-order valence-electron chi connectivity index (χ3n) is 11.6. The lowest BCUT2D eigenvalue weighted by molar-refractivity contribution is -0.141. The summed E-state index contributed by atoms with van der Waals surface area (Å²) in [5, 5.41) is 5.80. The Balaban J connectivity index is 1.23. The monoisotopic (exact) mass is 799 g/mol. The Morgan fingerprint density at radius 2 is 1.82 bits per heavy atom. The molecule has 1 saturated heterocycles. The number of nitrogens with zero attached hydrogens (tertiary/aromatic N) is 2. The highest BCUT2D eigenvalue weighted by Gasteiger charge is 2.62. The maximum absolute atomic E-state index is 14.6. The molecule has 0 spiro atoms. The zero-order valence-electron chi connectivity index (χ0n) is 32.5. The molecule has 1 unspecified atom stereocenters. The van der Waals surface area contributed by atoms with Gasteiger partial charge in [0, 0.05) is 29.4 Å². The van der Waals surface area contributed by atoms with Crippen molar-refractivity contribution in [2.75, 3.05) is 13.2 Å². The first-order valence-corrected chi connectivity index (χ1v) is 22.0. The van der Waals surface area contributed by atoms with Crippen molar-refractivity contribution < 1.29 is 37.1 Å². The quantitative estimate of drug-likeness (QED) is 0.217. The number of alkyl carbamates (subject to hydrolysis) is 1. The van der Waals surface area contributed by atoms with E-state index >= 15 is 0 Å². The van der Waals surface area contributed by atoms with Crippen LogP contribution in [0.4, 0.5) is 4.79 Å². The van der Waals surface area contributed by atoms with Gasteiger partial charge in [-0.1, -0.05) is 81.5 Å². The maximum atomic E-state index is 14.6. The molecule has 14 heteroatoms. The number of amides is 4. The minimum atomic E-state index is -3.90. The van der Waals surface area contributed by atoms with Gasteiger partial charge in [0.1, 0.15) is 29.5 Å². The minimum Gasteiger partial charge on any atom is -0.488 e. The first kappa shape index (κ1) is 40.2. The topological polar surface area (TPSA) is 173 Å². The fourth-order valence-corrected chi connectivity index (χ4v) is 9.37. The van der Waals surface area contributed by atoms with Gasteiger partial charge in [0.25, 0.3) is 5.91 Å². The summed E-state index contributed by atoms with van der Waals surface area (Å²) in [6.45, 7) is 6.03. The SMILES string of the molecule is C=CC1C[C@]1(NC(=O)[C@@H]1C[C@@H]2CN1C(=O)[C@H](CCCC)NC(=O)OCCCCCCCc1ccc3nc(-c4ccccc4)cc(c3c1)O2)C(=O)NS(=O)(=O)C1CC1. The van der Waals surface area contributed by atoms with Crippen LogP contribution in [0.2, 0.25) is 0 Å². The molecule has 2 aliphatic heterocycles. The highest BCUT2D eigenvalue weighted by atomic mass is 32.2. The van der Waals surface area contributed by atoms with Gasteiger partial charge in [-0.3, -0.25) is 19.1 Å². The van der Waals surface area contributed by atoms with Crippen LogP contribution in [0.5, 0.6) is 5.75 Å². The number of rotatable bonds is 10. The number of nitrogens with one attached hydrogen (secondary N) is 3. The van der Waals surface area contributed by atoms with Crippen LogP contribution < -0.4 is 20.1 Å². The molecule has 2 aliphatic carbocycles. The van der Waals surface area contributed by atoms with Crippen molar-refractivity contribution >= 4 is 44.7 Å². The fourth-order valence-electron chi connectivity index (χ4n) is 8.00. The molecule has 0 radical (unpaired) electrons. The fraction of sp³-hybridized carbons (Fsp3) is 0.512. The molecule has 4 amide bonds. The predicted molar refractivity (Wildman–Crippen MR) is 216 cm³/mol. The zero-order chi connectivity index (χ0) is 40.2. The van der Waals surface area contributed by atoms with Crippen LogP contribution in [0.25, 0.3) is 22.2 Å². The minimum absolute atomic E-state index is 0.0145. The summed E-state index contributed by atoms with van der Waals surface area (Å²) >= 11 is 0. The van der Waals surface area contributed by atoms with Crippen molar-refractivity contribution in [3.05, 3.63) is 72.8 Å². The summed E-state index contributed by atoms with van der Waals surface area (Å²) in [5.74, 6) is -1.86. The highest BCUT2D eigenvalue weighted by molar-refractivity contribution is 7.91. The average molecular weight is 800 g/mol. The molecule has 13 nitrogen and oxygen atoms in total. The highest BCUT2D eigenvalue weighted by Crippen LogP contribution is 2.45. The second-order valence-corrected chi connectivity index (χ2v) is 17.8. The van der Waals surface area contributed by atoms with Crippen molar-refractivity contribution in [2.45, 2.75) is 119 Å². The van der Waals surface area contributed by atoms with Crippen molar-refractivity contribution in [3.63, 3.8) is 0 Å². The number of sulfonamides is 1. The van der Waals surface area contributed by atoms with Crippen LogP contribution >= 0.6 is 0 Å². The first-order valence-electron chi connectivity index (χ1n) is 20.4. The molecular weight excluding hydrogens is 747 g/mol. The van der Waals surface area contributed by atoms with Gasteiger partial charge in [-0.15, -0.1) is 6.58 Å². The number of carbonyl (C=O) groups excluding carboxylic acids is 4. The lowest BCUT2D eigenvalue weighted by atomic mass is 10.0. The zero-order valence-corrected chi connectivity index (χ0v) is 33.4. The molecule has 3 aromatic rings. The van der Waals surface area contributed by atoms with Crippen molar-refractivity contribution in [1.29, 1.82) is 0 Å². The van der Waals surface area contributed by atoms with Gasteiger partial charge in [-0.25, -0.2) is 18.2 Å². The number of fused-ring (bicyclic) bond motifs is 3. The summed E-state index contributed by atoms with van der Waals surface area (Å²) in [5.41, 5.74) is 1.97. The van der Waals surface area contributed by atoms with Crippen LogP contribution in [0, 0.1) is 5.92 Å². The van der Waals surface area contributed by atoms with Crippen molar-refractivity contribution in [2.24, 2.45) is 5.92 Å². The molecular formula is C43H53N5O8S. The number of aryl methyl sites for hydroxylation is 1. The Labute approximate surface area is 334 Å². The van der Waals surface area contributed by atoms with Crippen molar-refractivity contribution in [3.8, 4) is 17.0 Å². The largest absolute Gasteiger partial charge is 0.488 e. The molecule has 3 fully saturated rings. The standard InChI is InChI=1S/C43H53N5O8S/c1-3-5-17-35-40(50)48-27-31(24-37(48)39(49)46-43(26-30(43)4-2)41(51)47-57(53,54)32-19-20-32)56-38-25-36(29-15-11-9-12-16-29)44-34-21-18-28(23-33(34)38)14-10-7-6-8-13-22-55-42(52)45-35/h4,9,11-12,15-16,18,21,23,25,30-32,35,37H,2-3,5-8,10,13-14,17,19-20,22,24,26-27H2,1H3,(H,45,52)(H,46,49)(H,47,51)/t30?,31-,35+,37+,43-/m1/s1. The number of aromatic nitrogens is 1. The Bertz CT molecular complexity index is 2110. The number of unbranched alkanes of at least 4 members (excludes halogenated alkanes) is 1. The molecule has 5 atom stereocenters. The van der Waals surface area contributed by atoms with E-state index in [2.05, 4.69) is 34.1 Å². The van der Waals surface area contributed by atoms with Gasteiger partial charge in [0.05, 0.1) is 29.6 Å². The lowest BCUT2D eigenvalue weighted by Gasteiger charge is -2.29. The third-order valence-corrected chi connectivity index (χ3v) is 13.4. The van der Waals surface area contributed by atoms with E-state index in [0.29, 0.717) is 43.5 Å². The molecule has 7 rings (SSSR count). The van der Waals surface area contributed by atoms with Crippen molar-refractivity contribution in [1.82, 2.24) is 25.2 Å². The van der Waals surface area contributed by atoms with Gasteiger partial charge in [-0.05, 0) is 62.6 Å². The second kappa shape index (κ2) is 17.3. The Morgan fingerprint density at radius 1 is 1.05 bits per heavy atom. The number of carbonyl (C=O) groups is 4. The third kappa shape index (κ3) is 9.27. The molecule has 4 bridgehead atoms. The summed E-state index contributed by atoms with van der Waals surface area (Å²) in [4.78, 5) is 62.1. The molecule has 304 valence electrons. The molecule has 3 N–H and O–H groups in total. The number of benzene rings is 2. The van der Waals surface area contributed by atoms with Gasteiger partial charge in [-0.2, -0.15) is 0 Å². The smallest absolute Gasteiger partial charge is 0.407 e. The predicted octanol–water partition coefficient (Wildman–Crippen LogP) is 5.71. The molecule has 1 aromatic heterocycles. The summed E-state index contributed by atoms with van der Waals surface area (Å²) in [7, 11) is -3.90. The van der Waals surface area contributed by atoms with Crippen LogP contribution in [-0.4, -0.2) is 84.2 Å². The Hall–Kier alpha value is -4.98. The summed E-state index contributed by atoms with van der Waals surface area (Å²) in [6.07, 6.45) is 8.54. The van der Waals surface area contributed by atoms with E-state index in [0.717, 1.165) is 60.6 Å². The Kier molecular flexibility index (Phi) is 12.2. The molecule has 4 aliphatic rings. The van der Waals surface area contributed by atoms with E-state index in [1.54, 1.807) is 0 Å². The lowest BCUT2D eigenvalue weighted by Crippen LogP contribution is -2.58. The number of pyridine rings is 1. The molecule has 2 aromatic carbocycles. The van der Waals surface area contributed by atoms with Crippen LogP contribution in [0.15, 0.2) is 67.3 Å². The summed E-state index contributed by atoms with van der Waals surface area (Å²) < 4.78 is 40.1. The summed E-state index contributed by atoms with van der Waals surface area (Å²) in [6, 6.07) is 15.8. The van der Waals surface area contributed by atoms with E-state index in [4.69, 9.17) is 14.5 Å². The van der Waals surface area contributed by atoms with Gasteiger partial charge in [0.2, 0.25) is 21.8 Å². The van der Waals surface area contributed by atoms with Crippen LogP contribution in [-0.2, 0) is 35.6 Å². The van der Waals surface area contributed by atoms with Crippen LogP contribution in [0.3, 0.4) is 0 Å². The molecule has 57 heavy (non-hydrogen) atoms. The Morgan fingerprint density at radius 3 is 2.56 bits per heavy atom. The molecule has 3 heterocycles. The van der Waals surface area contributed by atoms with Crippen LogP contribution in [0.1, 0.15) is 89.5 Å². The van der Waals surface area contributed by atoms with E-state index in [1.165, 1.54) is 11.0 Å². The van der Waals surface area contributed by atoms with E-state index in [9.17, 15) is 27.6 Å².